The number of hydrogen-bond acceptors (Lipinski definition) is 5. The number of benzene rings is 1. The Morgan fingerprint density at radius 2 is 1.84 bits per heavy atom. The average Bonchev–Trinajstić information content (AvgIpc) is 2.99. The predicted molar refractivity (Wildman–Crippen MR) is 148 cm³/mol. The largest absolute Gasteiger partial charge is 0.337 e. The van der Waals surface area contributed by atoms with Crippen molar-refractivity contribution in [1.82, 2.24) is 24.3 Å². The molecule has 0 bridgehead atoms. The minimum absolute atomic E-state index is 0.000342. The van der Waals surface area contributed by atoms with Gasteiger partial charge in [-0.05, 0) is 84.0 Å². The Kier molecular flexibility index (Phi) is 8.29. The van der Waals surface area contributed by atoms with E-state index in [9.17, 15) is 9.59 Å². The molecule has 4 rings (SSSR count). The molecule has 37 heavy (non-hydrogen) atoms. The van der Waals surface area contributed by atoms with Crippen LogP contribution in [0.25, 0.3) is 11.0 Å². The van der Waals surface area contributed by atoms with E-state index in [-0.39, 0.29) is 17.9 Å². The van der Waals surface area contributed by atoms with Crippen molar-refractivity contribution in [2.45, 2.75) is 46.1 Å². The number of nitrogens with zero attached hydrogens (tertiary/aromatic N) is 5. The first-order valence-electron chi connectivity index (χ1n) is 12.7. The van der Waals surface area contributed by atoms with Crippen molar-refractivity contribution in [3.63, 3.8) is 0 Å². The second kappa shape index (κ2) is 11.4. The number of halogens is 1. The van der Waals surface area contributed by atoms with E-state index in [4.69, 9.17) is 16.6 Å². The number of aromatic nitrogens is 3. The number of amides is 2. The summed E-state index contributed by atoms with van der Waals surface area (Å²) >= 11 is 6.53. The molecule has 196 valence electrons. The fourth-order valence-electron chi connectivity index (χ4n) is 4.82. The molecule has 3 heterocycles. The lowest BCUT2D eigenvalue weighted by Gasteiger charge is -2.26. The predicted octanol–water partition coefficient (Wildman–Crippen LogP) is 4.93. The summed E-state index contributed by atoms with van der Waals surface area (Å²) in [4.78, 5) is 39.4. The van der Waals surface area contributed by atoms with Crippen LogP contribution in [-0.2, 0) is 4.79 Å². The van der Waals surface area contributed by atoms with Gasteiger partial charge in [-0.3, -0.25) is 19.9 Å². The number of fused-ring (bicyclic) bond motifs is 1. The number of likely N-dealkylation sites (N-methyl/N-ethyl adjacent to an activating group) is 1. The Hall–Kier alpha value is -3.23. The van der Waals surface area contributed by atoms with Crippen molar-refractivity contribution in [2.75, 3.05) is 39.0 Å². The quantitative estimate of drug-likeness (QED) is 0.464. The molecule has 0 radical (unpaired) electrons. The highest BCUT2D eigenvalue weighted by Crippen LogP contribution is 2.33. The molecule has 9 heteroatoms. The molecule has 1 aliphatic rings. The number of aryl methyl sites for hydroxylation is 3. The molecule has 1 aromatic carbocycles. The van der Waals surface area contributed by atoms with E-state index >= 15 is 0 Å². The summed E-state index contributed by atoms with van der Waals surface area (Å²) in [6.07, 6.45) is 6.30. The molecular weight excluding hydrogens is 488 g/mol. The van der Waals surface area contributed by atoms with Gasteiger partial charge in [-0.1, -0.05) is 17.7 Å². The van der Waals surface area contributed by atoms with Crippen LogP contribution in [0.3, 0.4) is 0 Å². The van der Waals surface area contributed by atoms with E-state index in [0.717, 1.165) is 47.2 Å². The molecule has 2 amide bonds. The van der Waals surface area contributed by atoms with Crippen molar-refractivity contribution in [3.05, 3.63) is 64.0 Å². The Morgan fingerprint density at radius 1 is 1.11 bits per heavy atom. The number of carbonyl (C=O) groups excluding carboxylic acids is 2. The molecule has 0 unspecified atom stereocenters. The summed E-state index contributed by atoms with van der Waals surface area (Å²) in [7, 11) is 3.94. The molecule has 0 spiro atoms. The highest BCUT2D eigenvalue weighted by atomic mass is 35.5. The molecule has 1 fully saturated rings. The van der Waals surface area contributed by atoms with E-state index in [1.54, 1.807) is 18.2 Å². The van der Waals surface area contributed by atoms with Gasteiger partial charge in [0.25, 0.3) is 5.91 Å². The normalized spacial score (nSPS) is 16.5. The maximum absolute atomic E-state index is 13.3. The van der Waals surface area contributed by atoms with Crippen LogP contribution in [0.15, 0.2) is 36.4 Å². The van der Waals surface area contributed by atoms with Crippen LogP contribution in [0.1, 0.15) is 52.6 Å². The number of carbonyl (C=O) groups is 2. The van der Waals surface area contributed by atoms with Crippen molar-refractivity contribution >= 4 is 40.4 Å². The molecule has 1 N–H and O–H groups in total. The second-order valence-electron chi connectivity index (χ2n) is 10.1. The molecule has 3 aromatic rings. The molecule has 1 aliphatic heterocycles. The van der Waals surface area contributed by atoms with Gasteiger partial charge in [0.05, 0.1) is 17.1 Å². The summed E-state index contributed by atoms with van der Waals surface area (Å²) in [5.41, 5.74) is 4.60. The van der Waals surface area contributed by atoms with Gasteiger partial charge < -0.3 is 14.4 Å². The molecule has 2 aromatic heterocycles. The fraction of sp³-hybridized carbons (Fsp3) is 0.429. The first-order chi connectivity index (χ1) is 17.6. The maximum Gasteiger partial charge on any atom is 0.258 e. The van der Waals surface area contributed by atoms with Crippen LogP contribution in [0.2, 0.25) is 5.02 Å². The summed E-state index contributed by atoms with van der Waals surface area (Å²) < 4.78 is 2.05. The van der Waals surface area contributed by atoms with E-state index < -0.39 is 0 Å². The monoisotopic (exact) mass is 522 g/mol. The standard InChI is InChI=1S/C28H35ClN6O2/c1-18-13-24-25(16-23(18)29)35(28(31-24)32-27(37)21-14-19(2)30-20(3)15-21)22-9-6-7-12-34(17-22)26(36)10-8-11-33(4)5/h8,10,13-16,22H,6-7,9,11-12,17H2,1-5H3,(H,31,32,37)/b10-8+/t22-/m1/s1. The average molecular weight is 523 g/mol. The van der Waals surface area contributed by atoms with Crippen LogP contribution >= 0.6 is 11.6 Å². The third-order valence-corrected chi connectivity index (χ3v) is 7.00. The minimum Gasteiger partial charge on any atom is -0.337 e. The van der Waals surface area contributed by atoms with Gasteiger partial charge in [-0.25, -0.2) is 4.98 Å². The van der Waals surface area contributed by atoms with Gasteiger partial charge in [0, 0.05) is 47.7 Å². The molecule has 0 aliphatic carbocycles. The van der Waals surface area contributed by atoms with Gasteiger partial charge in [0.2, 0.25) is 11.9 Å². The lowest BCUT2D eigenvalue weighted by molar-refractivity contribution is -0.126. The van der Waals surface area contributed by atoms with Crippen molar-refractivity contribution < 1.29 is 9.59 Å². The minimum atomic E-state index is -0.249. The lowest BCUT2D eigenvalue weighted by atomic mass is 10.1. The molecule has 0 saturated carbocycles. The van der Waals surface area contributed by atoms with Crippen LogP contribution in [0.5, 0.6) is 0 Å². The van der Waals surface area contributed by atoms with Gasteiger partial charge in [-0.15, -0.1) is 0 Å². The van der Waals surface area contributed by atoms with E-state index in [1.165, 1.54) is 0 Å². The third kappa shape index (κ3) is 6.37. The number of likely N-dealkylation sites (tertiary alicyclic amines) is 1. The zero-order valence-electron chi connectivity index (χ0n) is 22.2. The van der Waals surface area contributed by atoms with E-state index in [2.05, 4.69) is 14.9 Å². The third-order valence-electron chi connectivity index (χ3n) is 6.59. The van der Waals surface area contributed by atoms with Crippen LogP contribution < -0.4 is 5.32 Å². The lowest BCUT2D eigenvalue weighted by Crippen LogP contribution is -2.34. The van der Waals surface area contributed by atoms with Crippen molar-refractivity contribution in [3.8, 4) is 0 Å². The van der Waals surface area contributed by atoms with E-state index in [1.807, 2.05) is 62.9 Å². The van der Waals surface area contributed by atoms with Crippen LogP contribution in [0.4, 0.5) is 5.95 Å². The zero-order chi connectivity index (χ0) is 26.7. The topological polar surface area (TPSA) is 83.4 Å². The Bertz CT molecular complexity index is 1330. The fourth-order valence-corrected chi connectivity index (χ4v) is 4.98. The van der Waals surface area contributed by atoms with Gasteiger partial charge in [0.1, 0.15) is 0 Å². The highest BCUT2D eigenvalue weighted by molar-refractivity contribution is 6.32. The Labute approximate surface area is 223 Å². The summed E-state index contributed by atoms with van der Waals surface area (Å²) in [6, 6.07) is 7.32. The Morgan fingerprint density at radius 3 is 2.54 bits per heavy atom. The summed E-state index contributed by atoms with van der Waals surface area (Å²) in [5.74, 6) is 0.206. The maximum atomic E-state index is 13.3. The second-order valence-corrected chi connectivity index (χ2v) is 10.5. The van der Waals surface area contributed by atoms with Gasteiger partial charge in [-0.2, -0.15) is 0 Å². The smallest absolute Gasteiger partial charge is 0.258 e. The van der Waals surface area contributed by atoms with Gasteiger partial charge in [0.15, 0.2) is 0 Å². The summed E-state index contributed by atoms with van der Waals surface area (Å²) in [5, 5.41) is 3.68. The summed E-state index contributed by atoms with van der Waals surface area (Å²) in [6.45, 7) is 7.61. The van der Waals surface area contributed by atoms with Gasteiger partial charge >= 0.3 is 0 Å². The number of imidazole rings is 1. The van der Waals surface area contributed by atoms with Crippen molar-refractivity contribution in [1.29, 1.82) is 0 Å². The number of hydrogen-bond donors (Lipinski definition) is 1. The number of rotatable bonds is 6. The van der Waals surface area contributed by atoms with Crippen molar-refractivity contribution in [2.24, 2.45) is 0 Å². The number of pyridine rings is 1. The SMILES string of the molecule is Cc1cc(C(=O)Nc2nc3cc(C)c(Cl)cc3n2[C@@H]2CCCCN(C(=O)/C=C/CN(C)C)C2)cc(C)n1. The first-order valence-corrected chi connectivity index (χ1v) is 13.0. The zero-order valence-corrected chi connectivity index (χ0v) is 23.0. The molecular formula is C28H35ClN6O2. The number of anilines is 1. The molecule has 1 saturated heterocycles. The number of nitrogens with one attached hydrogen (secondary N) is 1. The molecule has 1 atom stereocenters. The van der Waals surface area contributed by atoms with E-state index in [0.29, 0.717) is 36.2 Å². The first kappa shape index (κ1) is 26.8. The highest BCUT2D eigenvalue weighted by Gasteiger charge is 2.27. The van der Waals surface area contributed by atoms with Crippen LogP contribution in [0, 0.1) is 20.8 Å². The molecule has 8 nitrogen and oxygen atoms in total. The van der Waals surface area contributed by atoms with Crippen LogP contribution in [-0.4, -0.2) is 69.9 Å². The Balaban J connectivity index is 1.71.